The van der Waals surface area contributed by atoms with Crippen LogP contribution in [0.4, 0.5) is 0 Å². The number of hydrogen-bond acceptors (Lipinski definition) is 2. The van der Waals surface area contributed by atoms with Crippen LogP contribution in [0.3, 0.4) is 0 Å². The van der Waals surface area contributed by atoms with Gasteiger partial charge in [-0.05, 0) is 31.4 Å². The first kappa shape index (κ1) is 11.7. The van der Waals surface area contributed by atoms with Gasteiger partial charge in [-0.25, -0.2) is 0 Å². The van der Waals surface area contributed by atoms with E-state index in [2.05, 4.69) is 22.8 Å². The molecular formula is C14H17NO2. The van der Waals surface area contributed by atoms with E-state index in [0.717, 1.165) is 5.52 Å². The number of ether oxygens (including phenoxy) is 1. The molecule has 0 aliphatic rings. The number of carbonyl (C=O) groups excluding carboxylic acids is 1. The predicted octanol–water partition coefficient (Wildman–Crippen LogP) is 2.84. The molecule has 0 saturated carbocycles. The first-order valence-corrected chi connectivity index (χ1v) is 5.67. The van der Waals surface area contributed by atoms with Crippen LogP contribution in [0.15, 0.2) is 36.5 Å². The van der Waals surface area contributed by atoms with E-state index in [1.165, 1.54) is 12.5 Å². The summed E-state index contributed by atoms with van der Waals surface area (Å²) in [7, 11) is 1.43. The first-order valence-electron chi connectivity index (χ1n) is 5.67. The maximum Gasteiger partial charge on any atom is 0.313 e. The molecule has 0 radical (unpaired) electrons. The smallest absolute Gasteiger partial charge is 0.313 e. The van der Waals surface area contributed by atoms with E-state index in [-0.39, 0.29) is 5.97 Å². The molecule has 2 rings (SSSR count). The first-order chi connectivity index (χ1) is 8.04. The lowest BCUT2D eigenvalue weighted by molar-refractivity contribution is -0.151. The molecule has 1 heterocycles. The Labute approximate surface area is 101 Å². The zero-order valence-electron chi connectivity index (χ0n) is 10.4. The van der Waals surface area contributed by atoms with Crippen LogP contribution in [0, 0.1) is 5.41 Å². The molecule has 0 bridgehead atoms. The van der Waals surface area contributed by atoms with Gasteiger partial charge >= 0.3 is 5.97 Å². The molecule has 17 heavy (non-hydrogen) atoms. The largest absolute Gasteiger partial charge is 0.469 e. The minimum absolute atomic E-state index is 0.185. The maximum absolute atomic E-state index is 11.7. The van der Waals surface area contributed by atoms with E-state index < -0.39 is 5.41 Å². The van der Waals surface area contributed by atoms with Gasteiger partial charge in [-0.15, -0.1) is 0 Å². The molecule has 0 unspecified atom stereocenters. The van der Waals surface area contributed by atoms with E-state index in [1.807, 2.05) is 32.2 Å². The van der Waals surface area contributed by atoms with Gasteiger partial charge in [0.1, 0.15) is 0 Å². The van der Waals surface area contributed by atoms with Gasteiger partial charge in [-0.1, -0.05) is 18.2 Å². The van der Waals surface area contributed by atoms with Crippen molar-refractivity contribution in [2.45, 2.75) is 20.4 Å². The lowest BCUT2D eigenvalue weighted by atomic mass is 9.93. The van der Waals surface area contributed by atoms with Gasteiger partial charge < -0.3 is 9.30 Å². The van der Waals surface area contributed by atoms with Gasteiger partial charge in [0.25, 0.3) is 0 Å². The van der Waals surface area contributed by atoms with Crippen molar-refractivity contribution >= 4 is 16.9 Å². The standard InChI is InChI=1S/C14H17NO2/c1-14(2,13(16)17-3)10-15-9-8-11-6-4-5-7-12(11)15/h4-9H,10H2,1-3H3. The number of esters is 1. The Kier molecular flexibility index (Phi) is 2.92. The minimum atomic E-state index is -0.517. The van der Waals surface area contributed by atoms with Crippen molar-refractivity contribution in [3.8, 4) is 0 Å². The molecule has 90 valence electrons. The lowest BCUT2D eigenvalue weighted by Gasteiger charge is -2.22. The highest BCUT2D eigenvalue weighted by Gasteiger charge is 2.29. The van der Waals surface area contributed by atoms with Gasteiger partial charge in [0.15, 0.2) is 0 Å². The normalized spacial score (nSPS) is 11.7. The Balaban J connectivity index is 2.33. The Morgan fingerprint density at radius 3 is 2.71 bits per heavy atom. The Morgan fingerprint density at radius 1 is 1.29 bits per heavy atom. The van der Waals surface area contributed by atoms with Gasteiger partial charge in [0.05, 0.1) is 12.5 Å². The summed E-state index contributed by atoms with van der Waals surface area (Å²) in [6.45, 7) is 4.41. The van der Waals surface area contributed by atoms with Crippen molar-refractivity contribution in [1.82, 2.24) is 4.57 Å². The summed E-state index contributed by atoms with van der Waals surface area (Å²) in [4.78, 5) is 11.7. The fourth-order valence-electron chi connectivity index (χ4n) is 2.05. The molecule has 0 N–H and O–H groups in total. The number of aromatic nitrogens is 1. The van der Waals surface area contributed by atoms with Gasteiger partial charge in [-0.2, -0.15) is 0 Å². The SMILES string of the molecule is COC(=O)C(C)(C)Cn1ccc2ccccc21. The Bertz CT molecular complexity index is 540. The zero-order chi connectivity index (χ0) is 12.5. The summed E-state index contributed by atoms with van der Waals surface area (Å²) < 4.78 is 6.91. The van der Waals surface area contributed by atoms with Gasteiger partial charge in [0.2, 0.25) is 0 Å². The monoisotopic (exact) mass is 231 g/mol. The average Bonchev–Trinajstić information content (AvgIpc) is 2.71. The molecular weight excluding hydrogens is 214 g/mol. The van der Waals surface area contributed by atoms with Crippen molar-refractivity contribution < 1.29 is 9.53 Å². The summed E-state index contributed by atoms with van der Waals surface area (Å²) in [6, 6.07) is 10.2. The molecule has 3 heteroatoms. The quantitative estimate of drug-likeness (QED) is 0.761. The Morgan fingerprint density at radius 2 is 2.00 bits per heavy atom. The average molecular weight is 231 g/mol. The Hall–Kier alpha value is -1.77. The molecule has 0 aliphatic carbocycles. The number of fused-ring (bicyclic) bond motifs is 1. The number of rotatable bonds is 3. The van der Waals surface area contributed by atoms with E-state index in [0.29, 0.717) is 6.54 Å². The molecule has 0 fully saturated rings. The molecule has 0 spiro atoms. The third-order valence-electron chi connectivity index (χ3n) is 2.98. The highest BCUT2D eigenvalue weighted by molar-refractivity contribution is 5.80. The molecule has 1 aromatic heterocycles. The second-order valence-corrected chi connectivity index (χ2v) is 4.88. The fraction of sp³-hybridized carbons (Fsp3) is 0.357. The number of nitrogens with zero attached hydrogens (tertiary/aromatic N) is 1. The number of hydrogen-bond donors (Lipinski definition) is 0. The third kappa shape index (κ3) is 2.18. The van der Waals surface area contributed by atoms with E-state index >= 15 is 0 Å². The number of para-hydroxylation sites is 1. The second-order valence-electron chi connectivity index (χ2n) is 4.88. The molecule has 2 aromatic rings. The molecule has 1 aromatic carbocycles. The zero-order valence-corrected chi connectivity index (χ0v) is 10.4. The fourth-order valence-corrected chi connectivity index (χ4v) is 2.05. The predicted molar refractivity (Wildman–Crippen MR) is 67.7 cm³/mol. The number of carbonyl (C=O) groups is 1. The van der Waals surface area contributed by atoms with Crippen LogP contribution in [0.5, 0.6) is 0 Å². The summed E-state index contributed by atoms with van der Waals surface area (Å²) in [5, 5.41) is 1.19. The van der Waals surface area contributed by atoms with Gasteiger partial charge in [0, 0.05) is 18.3 Å². The highest BCUT2D eigenvalue weighted by atomic mass is 16.5. The van der Waals surface area contributed by atoms with Crippen LogP contribution < -0.4 is 0 Å². The number of methoxy groups -OCH3 is 1. The van der Waals surface area contributed by atoms with E-state index in [9.17, 15) is 4.79 Å². The third-order valence-corrected chi connectivity index (χ3v) is 2.98. The minimum Gasteiger partial charge on any atom is -0.469 e. The van der Waals surface area contributed by atoms with Crippen LogP contribution in [0.2, 0.25) is 0 Å². The summed E-state index contributed by atoms with van der Waals surface area (Å²) in [5.74, 6) is -0.185. The highest BCUT2D eigenvalue weighted by Crippen LogP contribution is 2.24. The molecule has 3 nitrogen and oxygen atoms in total. The molecule has 0 atom stereocenters. The molecule has 0 saturated heterocycles. The van der Waals surface area contributed by atoms with Crippen molar-refractivity contribution in [3.63, 3.8) is 0 Å². The summed E-state index contributed by atoms with van der Waals surface area (Å²) >= 11 is 0. The van der Waals surface area contributed by atoms with Crippen LogP contribution in [0.1, 0.15) is 13.8 Å². The maximum atomic E-state index is 11.7. The van der Waals surface area contributed by atoms with Crippen molar-refractivity contribution in [2.24, 2.45) is 5.41 Å². The van der Waals surface area contributed by atoms with Crippen LogP contribution in [-0.4, -0.2) is 17.6 Å². The van der Waals surface area contributed by atoms with E-state index in [4.69, 9.17) is 4.74 Å². The summed E-state index contributed by atoms with van der Waals surface area (Å²) in [5.41, 5.74) is 0.626. The molecule has 0 amide bonds. The van der Waals surface area contributed by atoms with Crippen LogP contribution in [0.25, 0.3) is 10.9 Å². The summed E-state index contributed by atoms with van der Waals surface area (Å²) in [6.07, 6.45) is 2.01. The van der Waals surface area contributed by atoms with Crippen molar-refractivity contribution in [2.75, 3.05) is 7.11 Å². The van der Waals surface area contributed by atoms with Crippen molar-refractivity contribution in [1.29, 1.82) is 0 Å². The molecule has 0 aliphatic heterocycles. The van der Waals surface area contributed by atoms with Crippen LogP contribution >= 0.6 is 0 Å². The van der Waals surface area contributed by atoms with Crippen LogP contribution in [-0.2, 0) is 16.1 Å². The van der Waals surface area contributed by atoms with Crippen molar-refractivity contribution in [3.05, 3.63) is 36.5 Å². The second kappa shape index (κ2) is 4.24. The van der Waals surface area contributed by atoms with Gasteiger partial charge in [-0.3, -0.25) is 4.79 Å². The lowest BCUT2D eigenvalue weighted by Crippen LogP contribution is -2.30. The topological polar surface area (TPSA) is 31.2 Å². The number of benzene rings is 1. The van der Waals surface area contributed by atoms with E-state index in [1.54, 1.807) is 0 Å².